The van der Waals surface area contributed by atoms with Gasteiger partial charge in [0.15, 0.2) is 0 Å². The molecule has 1 amide bonds. The zero-order valence-electron chi connectivity index (χ0n) is 9.77. The molecule has 1 heterocycles. The largest absolute Gasteiger partial charge is 0.399 e. The van der Waals surface area contributed by atoms with Crippen LogP contribution in [-0.2, 0) is 0 Å². The molecule has 0 fully saturated rings. The minimum absolute atomic E-state index is 0.0487. The summed E-state index contributed by atoms with van der Waals surface area (Å²) in [7, 11) is 0. The van der Waals surface area contributed by atoms with Crippen molar-refractivity contribution >= 4 is 17.3 Å². The van der Waals surface area contributed by atoms with Gasteiger partial charge in [0, 0.05) is 11.9 Å². The fraction of sp³-hybridized carbons (Fsp3) is 0.0769. The molecule has 5 heteroatoms. The number of nitrogens with one attached hydrogen (secondary N) is 1. The van der Waals surface area contributed by atoms with Crippen LogP contribution in [0.5, 0.6) is 0 Å². The SMILES string of the molecule is Cc1ccncc1NC(=O)c1ccc(N)cc1F. The predicted octanol–water partition coefficient (Wildman–Crippen LogP) is 2.36. The number of amides is 1. The molecule has 2 rings (SSSR count). The molecule has 0 aliphatic heterocycles. The van der Waals surface area contributed by atoms with E-state index < -0.39 is 11.7 Å². The van der Waals surface area contributed by atoms with Crippen LogP contribution < -0.4 is 11.1 Å². The molecule has 4 nitrogen and oxygen atoms in total. The van der Waals surface area contributed by atoms with Crippen LogP contribution in [0.2, 0.25) is 0 Å². The van der Waals surface area contributed by atoms with Gasteiger partial charge < -0.3 is 11.1 Å². The van der Waals surface area contributed by atoms with Gasteiger partial charge in [0.1, 0.15) is 5.82 Å². The number of nitrogens with two attached hydrogens (primary N) is 1. The molecule has 92 valence electrons. The zero-order chi connectivity index (χ0) is 13.1. The number of rotatable bonds is 2. The van der Waals surface area contributed by atoms with Crippen molar-refractivity contribution in [1.82, 2.24) is 4.98 Å². The van der Waals surface area contributed by atoms with Gasteiger partial charge in [-0.15, -0.1) is 0 Å². The van der Waals surface area contributed by atoms with E-state index in [4.69, 9.17) is 5.73 Å². The van der Waals surface area contributed by atoms with Crippen molar-refractivity contribution in [2.24, 2.45) is 0 Å². The second-order valence-electron chi connectivity index (χ2n) is 3.88. The van der Waals surface area contributed by atoms with Crippen LogP contribution in [0.1, 0.15) is 15.9 Å². The summed E-state index contributed by atoms with van der Waals surface area (Å²) in [6.45, 7) is 1.83. The number of carbonyl (C=O) groups excluding carboxylic acids is 1. The molecule has 0 aliphatic carbocycles. The molecule has 0 aliphatic rings. The van der Waals surface area contributed by atoms with Gasteiger partial charge in [0.25, 0.3) is 5.91 Å². The summed E-state index contributed by atoms with van der Waals surface area (Å²) in [5.41, 5.74) is 7.06. The fourth-order valence-corrected chi connectivity index (χ4v) is 1.50. The van der Waals surface area contributed by atoms with Gasteiger partial charge in [0.2, 0.25) is 0 Å². The van der Waals surface area contributed by atoms with E-state index in [1.165, 1.54) is 18.3 Å². The molecule has 0 unspecified atom stereocenters. The number of aryl methyl sites for hydroxylation is 1. The predicted molar refractivity (Wildman–Crippen MR) is 67.7 cm³/mol. The quantitative estimate of drug-likeness (QED) is 0.798. The lowest BCUT2D eigenvalue weighted by Gasteiger charge is -2.08. The second-order valence-corrected chi connectivity index (χ2v) is 3.88. The van der Waals surface area contributed by atoms with Crippen LogP contribution in [0.25, 0.3) is 0 Å². The number of hydrogen-bond acceptors (Lipinski definition) is 3. The molecule has 1 aromatic carbocycles. The average molecular weight is 245 g/mol. The Bertz CT molecular complexity index is 599. The maximum absolute atomic E-state index is 13.5. The van der Waals surface area contributed by atoms with Crippen molar-refractivity contribution in [3.05, 3.63) is 53.6 Å². The molecule has 3 N–H and O–H groups in total. The Balaban J connectivity index is 2.25. The summed E-state index contributed by atoms with van der Waals surface area (Å²) in [5.74, 6) is -1.17. The first-order valence-corrected chi connectivity index (χ1v) is 5.35. The maximum atomic E-state index is 13.5. The number of hydrogen-bond donors (Lipinski definition) is 2. The van der Waals surface area contributed by atoms with Gasteiger partial charge >= 0.3 is 0 Å². The highest BCUT2D eigenvalue weighted by molar-refractivity contribution is 6.04. The van der Waals surface area contributed by atoms with Gasteiger partial charge in [-0.05, 0) is 36.8 Å². The van der Waals surface area contributed by atoms with Crippen molar-refractivity contribution in [1.29, 1.82) is 0 Å². The topological polar surface area (TPSA) is 68.0 Å². The molecule has 18 heavy (non-hydrogen) atoms. The highest BCUT2D eigenvalue weighted by Gasteiger charge is 2.12. The standard InChI is InChI=1S/C13H12FN3O/c1-8-4-5-16-7-12(8)17-13(18)10-3-2-9(15)6-11(10)14/h2-7H,15H2,1H3,(H,17,18). The summed E-state index contributed by atoms with van der Waals surface area (Å²) in [4.78, 5) is 15.8. The van der Waals surface area contributed by atoms with Crippen molar-refractivity contribution < 1.29 is 9.18 Å². The first-order chi connectivity index (χ1) is 8.58. The van der Waals surface area contributed by atoms with Crippen molar-refractivity contribution in [2.45, 2.75) is 6.92 Å². The molecule has 0 radical (unpaired) electrons. The highest BCUT2D eigenvalue weighted by atomic mass is 19.1. The van der Waals surface area contributed by atoms with E-state index in [0.29, 0.717) is 5.69 Å². The number of nitrogens with zero attached hydrogens (tertiary/aromatic N) is 1. The Kier molecular flexibility index (Phi) is 3.23. The summed E-state index contributed by atoms with van der Waals surface area (Å²) in [5, 5.41) is 2.60. The van der Waals surface area contributed by atoms with E-state index in [0.717, 1.165) is 11.6 Å². The number of nitrogen functional groups attached to an aromatic ring is 1. The Morgan fingerprint density at radius 3 is 2.83 bits per heavy atom. The lowest BCUT2D eigenvalue weighted by atomic mass is 10.1. The third-order valence-corrected chi connectivity index (χ3v) is 2.53. The van der Waals surface area contributed by atoms with Gasteiger partial charge in [-0.25, -0.2) is 4.39 Å². The van der Waals surface area contributed by atoms with Gasteiger partial charge in [-0.2, -0.15) is 0 Å². The van der Waals surface area contributed by atoms with Crippen LogP contribution in [0, 0.1) is 12.7 Å². The molecule has 0 saturated heterocycles. The average Bonchev–Trinajstić information content (AvgIpc) is 2.32. The highest BCUT2D eigenvalue weighted by Crippen LogP contribution is 2.16. The Morgan fingerprint density at radius 2 is 2.17 bits per heavy atom. The van der Waals surface area contributed by atoms with E-state index in [2.05, 4.69) is 10.3 Å². The van der Waals surface area contributed by atoms with Gasteiger partial charge in [-0.1, -0.05) is 0 Å². The van der Waals surface area contributed by atoms with E-state index in [1.807, 2.05) is 6.92 Å². The first kappa shape index (κ1) is 12.0. The van der Waals surface area contributed by atoms with Crippen LogP contribution in [-0.4, -0.2) is 10.9 Å². The molecule has 0 bridgehead atoms. The fourth-order valence-electron chi connectivity index (χ4n) is 1.50. The van der Waals surface area contributed by atoms with E-state index >= 15 is 0 Å². The van der Waals surface area contributed by atoms with E-state index in [9.17, 15) is 9.18 Å². The summed E-state index contributed by atoms with van der Waals surface area (Å²) < 4.78 is 13.5. The number of anilines is 2. The third kappa shape index (κ3) is 2.45. The number of aromatic nitrogens is 1. The molecule has 0 spiro atoms. The molecule has 2 aromatic rings. The second kappa shape index (κ2) is 4.83. The molecular formula is C13H12FN3O. The Hall–Kier alpha value is -2.43. The minimum Gasteiger partial charge on any atom is -0.399 e. The molecule has 0 atom stereocenters. The van der Waals surface area contributed by atoms with E-state index in [-0.39, 0.29) is 11.3 Å². The summed E-state index contributed by atoms with van der Waals surface area (Å²) >= 11 is 0. The third-order valence-electron chi connectivity index (χ3n) is 2.53. The summed E-state index contributed by atoms with van der Waals surface area (Å²) in [6.07, 6.45) is 3.14. The van der Waals surface area contributed by atoms with Gasteiger partial charge in [0.05, 0.1) is 17.4 Å². The summed E-state index contributed by atoms with van der Waals surface area (Å²) in [6, 6.07) is 5.71. The number of halogens is 1. The normalized spacial score (nSPS) is 10.1. The van der Waals surface area contributed by atoms with Crippen molar-refractivity contribution in [3.8, 4) is 0 Å². The monoisotopic (exact) mass is 245 g/mol. The number of pyridine rings is 1. The first-order valence-electron chi connectivity index (χ1n) is 5.35. The molecule has 0 saturated carbocycles. The van der Waals surface area contributed by atoms with Crippen LogP contribution >= 0.6 is 0 Å². The maximum Gasteiger partial charge on any atom is 0.258 e. The molecule has 1 aromatic heterocycles. The van der Waals surface area contributed by atoms with Crippen LogP contribution in [0.4, 0.5) is 15.8 Å². The van der Waals surface area contributed by atoms with Crippen molar-refractivity contribution in [3.63, 3.8) is 0 Å². The lowest BCUT2D eigenvalue weighted by Crippen LogP contribution is -2.14. The Morgan fingerprint density at radius 1 is 1.39 bits per heavy atom. The molecular weight excluding hydrogens is 233 g/mol. The number of benzene rings is 1. The number of carbonyl (C=O) groups is 1. The van der Waals surface area contributed by atoms with Gasteiger partial charge in [-0.3, -0.25) is 9.78 Å². The van der Waals surface area contributed by atoms with E-state index in [1.54, 1.807) is 12.3 Å². The van der Waals surface area contributed by atoms with Crippen LogP contribution in [0.15, 0.2) is 36.7 Å². The van der Waals surface area contributed by atoms with Crippen molar-refractivity contribution in [2.75, 3.05) is 11.1 Å². The lowest BCUT2D eigenvalue weighted by molar-refractivity contribution is 0.102. The minimum atomic E-state index is -0.644. The Labute approximate surface area is 104 Å². The zero-order valence-corrected chi connectivity index (χ0v) is 9.77. The smallest absolute Gasteiger partial charge is 0.258 e. The van der Waals surface area contributed by atoms with Crippen LogP contribution in [0.3, 0.4) is 0 Å².